The Hall–Kier alpha value is -2.27. The van der Waals surface area contributed by atoms with Gasteiger partial charge < -0.3 is 11.6 Å². The van der Waals surface area contributed by atoms with Crippen molar-refractivity contribution < 1.29 is 0 Å². The highest BCUT2D eigenvalue weighted by Gasteiger charge is 2.17. The van der Waals surface area contributed by atoms with E-state index in [1.54, 1.807) is 6.20 Å². The summed E-state index contributed by atoms with van der Waals surface area (Å²) >= 11 is 6.22. The van der Waals surface area contributed by atoms with Gasteiger partial charge in [-0.15, -0.1) is 0 Å². The van der Waals surface area contributed by atoms with E-state index in [9.17, 15) is 0 Å². The van der Waals surface area contributed by atoms with Crippen LogP contribution in [0.3, 0.4) is 0 Å². The lowest BCUT2D eigenvalue weighted by Crippen LogP contribution is -2.15. The van der Waals surface area contributed by atoms with Crippen molar-refractivity contribution in [2.45, 2.75) is 19.8 Å². The van der Waals surface area contributed by atoms with E-state index < -0.39 is 0 Å². The van der Waals surface area contributed by atoms with Crippen molar-refractivity contribution in [1.82, 2.24) is 14.6 Å². The van der Waals surface area contributed by atoms with Gasteiger partial charge in [-0.1, -0.05) is 18.5 Å². The maximum absolute atomic E-state index is 6.22. The van der Waals surface area contributed by atoms with E-state index in [-0.39, 0.29) is 0 Å². The Morgan fingerprint density at radius 3 is 2.86 bits per heavy atom. The van der Waals surface area contributed by atoms with Crippen LogP contribution in [0.2, 0.25) is 5.02 Å². The summed E-state index contributed by atoms with van der Waals surface area (Å²) in [7, 11) is 0. The zero-order chi connectivity index (χ0) is 15.0. The molecule has 21 heavy (non-hydrogen) atoms. The quantitative estimate of drug-likeness (QED) is 0.729. The molecule has 0 radical (unpaired) electrons. The average Bonchev–Trinajstić information content (AvgIpc) is 2.77. The highest BCUT2D eigenvalue weighted by atomic mass is 35.5. The summed E-state index contributed by atoms with van der Waals surface area (Å²) in [6, 6.07) is 7.49. The van der Waals surface area contributed by atoms with E-state index in [1.807, 2.05) is 24.3 Å². The van der Waals surface area contributed by atoms with E-state index in [1.165, 1.54) is 4.68 Å². The first kappa shape index (κ1) is 13.7. The Balaban J connectivity index is 2.26. The summed E-state index contributed by atoms with van der Waals surface area (Å²) in [6.45, 7) is 2.07. The van der Waals surface area contributed by atoms with Gasteiger partial charge in [0.1, 0.15) is 11.5 Å². The van der Waals surface area contributed by atoms with Gasteiger partial charge in [-0.3, -0.25) is 4.98 Å². The van der Waals surface area contributed by atoms with E-state index in [4.69, 9.17) is 23.2 Å². The first-order chi connectivity index (χ1) is 10.1. The van der Waals surface area contributed by atoms with Crippen LogP contribution < -0.4 is 11.6 Å². The summed E-state index contributed by atoms with van der Waals surface area (Å²) in [6.07, 6.45) is 3.46. The van der Waals surface area contributed by atoms with Crippen molar-refractivity contribution in [3.63, 3.8) is 0 Å². The molecular weight excluding hydrogens is 286 g/mol. The number of hydrogen-bond acceptors (Lipinski definition) is 4. The van der Waals surface area contributed by atoms with E-state index >= 15 is 0 Å². The lowest BCUT2D eigenvalue weighted by atomic mass is 10.1. The lowest BCUT2D eigenvalue weighted by Gasteiger charge is -2.06. The SMILES string of the molecule is CCCc1nc(-c2ccc(Cl)c3cccnc23)c(N)n1N. The molecule has 0 fully saturated rings. The van der Waals surface area contributed by atoms with Crippen molar-refractivity contribution in [2.75, 3.05) is 11.6 Å². The predicted molar refractivity (Wildman–Crippen MR) is 86.5 cm³/mol. The highest BCUT2D eigenvalue weighted by molar-refractivity contribution is 6.35. The number of fused-ring (bicyclic) bond motifs is 1. The molecule has 3 aromatic rings. The van der Waals surface area contributed by atoms with Gasteiger partial charge >= 0.3 is 0 Å². The van der Waals surface area contributed by atoms with Crippen molar-refractivity contribution >= 4 is 28.3 Å². The third-order valence-electron chi connectivity index (χ3n) is 3.47. The molecule has 0 aliphatic rings. The van der Waals surface area contributed by atoms with Crippen LogP contribution in [0.25, 0.3) is 22.2 Å². The van der Waals surface area contributed by atoms with Gasteiger partial charge in [-0.05, 0) is 30.7 Å². The fourth-order valence-corrected chi connectivity index (χ4v) is 2.64. The van der Waals surface area contributed by atoms with Crippen molar-refractivity contribution in [3.8, 4) is 11.3 Å². The number of halogens is 1. The largest absolute Gasteiger partial charge is 0.382 e. The number of pyridine rings is 1. The topological polar surface area (TPSA) is 82.8 Å². The normalized spacial score (nSPS) is 11.1. The molecule has 6 heteroatoms. The number of imidazole rings is 1. The zero-order valence-electron chi connectivity index (χ0n) is 11.7. The number of aromatic nitrogens is 3. The summed E-state index contributed by atoms with van der Waals surface area (Å²) < 4.78 is 1.45. The van der Waals surface area contributed by atoms with E-state index in [2.05, 4.69) is 16.9 Å². The summed E-state index contributed by atoms with van der Waals surface area (Å²) in [5.41, 5.74) is 8.38. The predicted octanol–water partition coefficient (Wildman–Crippen LogP) is 3.00. The molecule has 0 atom stereocenters. The number of benzene rings is 1. The number of nitrogen functional groups attached to an aromatic ring is 2. The summed E-state index contributed by atoms with van der Waals surface area (Å²) in [4.78, 5) is 8.99. The van der Waals surface area contributed by atoms with Gasteiger partial charge in [0.05, 0.1) is 10.5 Å². The zero-order valence-corrected chi connectivity index (χ0v) is 12.4. The molecule has 5 nitrogen and oxygen atoms in total. The average molecular weight is 302 g/mol. The number of rotatable bonds is 3. The third kappa shape index (κ3) is 2.19. The Kier molecular flexibility index (Phi) is 3.43. The van der Waals surface area contributed by atoms with E-state index in [0.29, 0.717) is 16.5 Å². The molecule has 0 saturated carbocycles. The van der Waals surface area contributed by atoms with Gasteiger partial charge in [0.2, 0.25) is 0 Å². The fraction of sp³-hybridized carbons (Fsp3) is 0.200. The number of hydrogen-bond donors (Lipinski definition) is 2. The molecule has 2 aromatic heterocycles. The number of nitrogens with zero attached hydrogens (tertiary/aromatic N) is 3. The fourth-order valence-electron chi connectivity index (χ4n) is 2.42. The van der Waals surface area contributed by atoms with Gasteiger partial charge in [0.25, 0.3) is 0 Å². The summed E-state index contributed by atoms with van der Waals surface area (Å²) in [5.74, 6) is 7.19. The van der Waals surface area contributed by atoms with Gasteiger partial charge in [-0.25, -0.2) is 9.66 Å². The monoisotopic (exact) mass is 301 g/mol. The molecule has 4 N–H and O–H groups in total. The van der Waals surface area contributed by atoms with Crippen molar-refractivity contribution in [1.29, 1.82) is 0 Å². The smallest absolute Gasteiger partial charge is 0.150 e. The molecule has 1 aromatic carbocycles. The second-order valence-corrected chi connectivity index (χ2v) is 5.28. The lowest BCUT2D eigenvalue weighted by molar-refractivity contribution is 0.794. The Bertz CT molecular complexity index is 809. The van der Waals surface area contributed by atoms with Crippen LogP contribution in [0.1, 0.15) is 19.2 Å². The van der Waals surface area contributed by atoms with Crippen LogP contribution in [0.15, 0.2) is 30.5 Å². The minimum Gasteiger partial charge on any atom is -0.382 e. The molecule has 108 valence electrons. The van der Waals surface area contributed by atoms with Crippen LogP contribution in [0.4, 0.5) is 5.82 Å². The van der Waals surface area contributed by atoms with Gasteiger partial charge in [0.15, 0.2) is 5.82 Å². The molecule has 0 amide bonds. The van der Waals surface area contributed by atoms with Crippen LogP contribution in [0, 0.1) is 0 Å². The number of aryl methyl sites for hydroxylation is 1. The number of nitrogens with two attached hydrogens (primary N) is 2. The molecule has 0 spiro atoms. The third-order valence-corrected chi connectivity index (χ3v) is 3.80. The van der Waals surface area contributed by atoms with E-state index in [0.717, 1.165) is 35.1 Å². The first-order valence-corrected chi connectivity index (χ1v) is 7.17. The second kappa shape index (κ2) is 5.26. The minimum absolute atomic E-state index is 0.438. The van der Waals surface area contributed by atoms with Crippen LogP contribution in [-0.2, 0) is 6.42 Å². The molecule has 0 unspecified atom stereocenters. The van der Waals surface area contributed by atoms with Crippen molar-refractivity contribution in [3.05, 3.63) is 41.3 Å². The second-order valence-electron chi connectivity index (χ2n) is 4.88. The maximum atomic E-state index is 6.22. The molecule has 0 bridgehead atoms. The first-order valence-electron chi connectivity index (χ1n) is 6.79. The standard InChI is InChI=1S/C15H16ClN5/c1-2-4-12-20-14(15(17)21(12)18)10-6-7-11(16)9-5-3-8-19-13(9)10/h3,5-8H,2,4,17-18H2,1H3. The molecule has 3 rings (SSSR count). The highest BCUT2D eigenvalue weighted by Crippen LogP contribution is 2.33. The molecule has 2 heterocycles. The summed E-state index contributed by atoms with van der Waals surface area (Å²) in [5, 5.41) is 1.53. The van der Waals surface area contributed by atoms with Gasteiger partial charge in [0, 0.05) is 23.6 Å². The van der Waals surface area contributed by atoms with Gasteiger partial charge in [-0.2, -0.15) is 0 Å². The Morgan fingerprint density at radius 1 is 1.29 bits per heavy atom. The van der Waals surface area contributed by atoms with Crippen LogP contribution in [0.5, 0.6) is 0 Å². The maximum Gasteiger partial charge on any atom is 0.150 e. The Labute approximate surface area is 127 Å². The van der Waals surface area contributed by atoms with Crippen LogP contribution >= 0.6 is 11.6 Å². The molecule has 0 aliphatic heterocycles. The van der Waals surface area contributed by atoms with Crippen molar-refractivity contribution in [2.24, 2.45) is 0 Å². The molecule has 0 saturated heterocycles. The number of anilines is 1. The van der Waals surface area contributed by atoms with Crippen LogP contribution in [-0.4, -0.2) is 14.6 Å². The minimum atomic E-state index is 0.438. The molecular formula is C15H16ClN5. The Morgan fingerprint density at radius 2 is 2.10 bits per heavy atom. The molecule has 0 aliphatic carbocycles.